The third-order valence-corrected chi connectivity index (χ3v) is 3.68. The molecule has 3 aromatic rings. The van der Waals surface area contributed by atoms with E-state index in [0.29, 0.717) is 0 Å². The van der Waals surface area contributed by atoms with Crippen LogP contribution in [0.2, 0.25) is 0 Å². The van der Waals surface area contributed by atoms with Gasteiger partial charge in [0, 0.05) is 10.7 Å². The third kappa shape index (κ3) is 3.46. The molecule has 120 valence electrons. The molecule has 0 atom stereocenters. The number of para-hydroxylation sites is 1. The normalized spacial score (nSPS) is 10.2. The number of carbonyl (C=O) groups excluding carboxylic acids is 2. The summed E-state index contributed by atoms with van der Waals surface area (Å²) in [7, 11) is 0. The molecule has 0 fully saturated rings. The second-order valence-corrected chi connectivity index (χ2v) is 5.48. The van der Waals surface area contributed by atoms with Crippen molar-refractivity contribution < 1.29 is 9.59 Å². The predicted octanol–water partition coefficient (Wildman–Crippen LogP) is 1.50. The molecule has 8 nitrogen and oxygen atoms in total. The van der Waals surface area contributed by atoms with Gasteiger partial charge < -0.3 is 0 Å². The van der Waals surface area contributed by atoms with Crippen LogP contribution in [-0.2, 0) is 0 Å². The van der Waals surface area contributed by atoms with E-state index in [2.05, 4.69) is 42.1 Å². The highest BCUT2D eigenvalue weighted by atomic mass is 79.9. The van der Waals surface area contributed by atoms with Crippen molar-refractivity contribution in [3.8, 4) is 5.69 Å². The number of hydrogen-bond donors (Lipinski definition) is 2. The number of aromatic nitrogens is 4. The fourth-order valence-electron chi connectivity index (χ4n) is 1.86. The lowest BCUT2D eigenvalue weighted by Gasteiger charge is -2.04. The van der Waals surface area contributed by atoms with Crippen LogP contribution in [0.15, 0.2) is 59.3 Å². The third-order valence-electron chi connectivity index (χ3n) is 3.01. The number of benzene rings is 1. The van der Waals surface area contributed by atoms with Crippen LogP contribution in [0.5, 0.6) is 0 Å². The molecule has 0 bridgehead atoms. The number of nitrogens with zero attached hydrogens (tertiary/aromatic N) is 4. The maximum absolute atomic E-state index is 12.0. The van der Waals surface area contributed by atoms with Crippen LogP contribution in [0.1, 0.15) is 21.0 Å². The van der Waals surface area contributed by atoms with Gasteiger partial charge in [-0.25, -0.2) is 4.68 Å². The van der Waals surface area contributed by atoms with Crippen LogP contribution >= 0.6 is 15.9 Å². The Morgan fingerprint density at radius 2 is 1.67 bits per heavy atom. The van der Waals surface area contributed by atoms with E-state index in [0.717, 1.165) is 10.2 Å². The summed E-state index contributed by atoms with van der Waals surface area (Å²) in [6, 6.07) is 12.3. The van der Waals surface area contributed by atoms with E-state index in [1.54, 1.807) is 12.1 Å². The number of rotatable bonds is 3. The molecule has 3 rings (SSSR count). The van der Waals surface area contributed by atoms with E-state index < -0.39 is 11.8 Å². The maximum atomic E-state index is 12.0. The van der Waals surface area contributed by atoms with E-state index in [1.165, 1.54) is 23.1 Å². The number of hydrogen-bond acceptors (Lipinski definition) is 5. The van der Waals surface area contributed by atoms with Crippen LogP contribution in [0.4, 0.5) is 0 Å². The molecular formula is C15H11BrN6O2. The molecule has 2 aromatic heterocycles. The summed E-state index contributed by atoms with van der Waals surface area (Å²) in [5, 5.41) is 7.70. The standard InChI is InChI=1S/C15H11BrN6O2/c16-10-5-1-2-7-13(10)22-9-12(18-21-22)15(24)20-19-14(23)11-6-3-4-8-17-11/h1-9H,(H,19,23)(H,20,24). The summed E-state index contributed by atoms with van der Waals surface area (Å²) in [5.41, 5.74) is 5.53. The Morgan fingerprint density at radius 3 is 2.38 bits per heavy atom. The van der Waals surface area contributed by atoms with Crippen molar-refractivity contribution in [3.63, 3.8) is 0 Å². The number of hydrazine groups is 1. The zero-order valence-electron chi connectivity index (χ0n) is 12.2. The minimum absolute atomic E-state index is 0.0621. The highest BCUT2D eigenvalue weighted by molar-refractivity contribution is 9.10. The van der Waals surface area contributed by atoms with Crippen molar-refractivity contribution in [2.75, 3.05) is 0 Å². The van der Waals surface area contributed by atoms with Crippen LogP contribution in [0.3, 0.4) is 0 Å². The molecular weight excluding hydrogens is 376 g/mol. The Morgan fingerprint density at radius 1 is 0.958 bits per heavy atom. The number of carbonyl (C=O) groups is 2. The molecule has 0 radical (unpaired) electrons. The van der Waals surface area contributed by atoms with Crippen molar-refractivity contribution >= 4 is 27.7 Å². The van der Waals surface area contributed by atoms with Crippen LogP contribution in [0.25, 0.3) is 5.69 Å². The van der Waals surface area contributed by atoms with Crippen LogP contribution in [0, 0.1) is 0 Å². The first-order valence-electron chi connectivity index (χ1n) is 6.84. The summed E-state index contributed by atoms with van der Waals surface area (Å²) in [6.45, 7) is 0. The molecule has 0 aliphatic heterocycles. The highest BCUT2D eigenvalue weighted by Gasteiger charge is 2.14. The summed E-state index contributed by atoms with van der Waals surface area (Å²) in [4.78, 5) is 27.7. The Bertz CT molecular complexity index is 880. The maximum Gasteiger partial charge on any atom is 0.291 e. The van der Waals surface area contributed by atoms with Crippen LogP contribution < -0.4 is 10.9 Å². The summed E-state index contributed by atoms with van der Waals surface area (Å²) in [5.74, 6) is -1.11. The lowest BCUT2D eigenvalue weighted by atomic mass is 10.3. The molecule has 0 spiro atoms. The average molecular weight is 387 g/mol. The largest absolute Gasteiger partial charge is 0.291 e. The summed E-state index contributed by atoms with van der Waals surface area (Å²) in [6.07, 6.45) is 2.95. The lowest BCUT2D eigenvalue weighted by Crippen LogP contribution is -2.42. The quantitative estimate of drug-likeness (QED) is 0.664. The molecule has 2 heterocycles. The van der Waals surface area contributed by atoms with Gasteiger partial charge in [-0.1, -0.05) is 23.4 Å². The molecule has 24 heavy (non-hydrogen) atoms. The van der Waals surface area contributed by atoms with Gasteiger partial charge in [0.1, 0.15) is 5.69 Å². The van der Waals surface area contributed by atoms with Gasteiger partial charge in [-0.15, -0.1) is 5.10 Å². The molecule has 0 unspecified atom stereocenters. The van der Waals surface area contributed by atoms with E-state index in [9.17, 15) is 9.59 Å². The second kappa shape index (κ2) is 7.01. The van der Waals surface area contributed by atoms with Gasteiger partial charge in [0.25, 0.3) is 11.8 Å². The SMILES string of the molecule is O=C(NNC(=O)c1cn(-c2ccccc2Br)nn1)c1ccccn1. The average Bonchev–Trinajstić information content (AvgIpc) is 3.10. The van der Waals surface area contributed by atoms with Gasteiger partial charge >= 0.3 is 0 Å². The first-order valence-corrected chi connectivity index (χ1v) is 7.63. The smallest absolute Gasteiger partial charge is 0.266 e. The predicted molar refractivity (Wildman–Crippen MR) is 88.2 cm³/mol. The zero-order chi connectivity index (χ0) is 16.9. The minimum atomic E-state index is -0.586. The summed E-state index contributed by atoms with van der Waals surface area (Å²) >= 11 is 3.40. The molecule has 1 aromatic carbocycles. The monoisotopic (exact) mass is 386 g/mol. The molecule has 0 saturated carbocycles. The molecule has 0 aliphatic rings. The van der Waals surface area contributed by atoms with Crippen molar-refractivity contribution in [1.29, 1.82) is 0 Å². The highest BCUT2D eigenvalue weighted by Crippen LogP contribution is 2.19. The van der Waals surface area contributed by atoms with Crippen molar-refractivity contribution in [3.05, 3.63) is 70.7 Å². The lowest BCUT2D eigenvalue weighted by molar-refractivity contribution is 0.0841. The minimum Gasteiger partial charge on any atom is -0.266 e. The first-order chi connectivity index (χ1) is 11.6. The molecule has 2 amide bonds. The second-order valence-electron chi connectivity index (χ2n) is 4.62. The van der Waals surface area contributed by atoms with Gasteiger partial charge in [0.05, 0.1) is 11.9 Å². The van der Waals surface area contributed by atoms with Crippen molar-refractivity contribution in [2.45, 2.75) is 0 Å². The van der Waals surface area contributed by atoms with Crippen LogP contribution in [-0.4, -0.2) is 31.8 Å². The van der Waals surface area contributed by atoms with E-state index in [4.69, 9.17) is 0 Å². The van der Waals surface area contributed by atoms with Gasteiger partial charge in [-0.2, -0.15) is 0 Å². The Labute approximate surface area is 145 Å². The Balaban J connectivity index is 1.66. The number of halogens is 1. The van der Waals surface area contributed by atoms with Crippen molar-refractivity contribution in [1.82, 2.24) is 30.8 Å². The number of nitrogens with one attached hydrogen (secondary N) is 2. The van der Waals surface area contributed by atoms with Gasteiger partial charge in [0.15, 0.2) is 5.69 Å². The number of amides is 2. The molecule has 0 aliphatic carbocycles. The molecule has 0 saturated heterocycles. The first kappa shape index (κ1) is 15.8. The van der Waals surface area contributed by atoms with Gasteiger partial charge in [0.2, 0.25) is 0 Å². The van der Waals surface area contributed by atoms with E-state index in [-0.39, 0.29) is 11.4 Å². The van der Waals surface area contributed by atoms with E-state index >= 15 is 0 Å². The van der Waals surface area contributed by atoms with Gasteiger partial charge in [-0.3, -0.25) is 25.4 Å². The topological polar surface area (TPSA) is 102 Å². The summed E-state index contributed by atoms with van der Waals surface area (Å²) < 4.78 is 2.27. The fraction of sp³-hybridized carbons (Fsp3) is 0. The Hall–Kier alpha value is -3.07. The zero-order valence-corrected chi connectivity index (χ0v) is 13.8. The number of pyridine rings is 1. The molecule has 2 N–H and O–H groups in total. The van der Waals surface area contributed by atoms with Crippen molar-refractivity contribution in [2.24, 2.45) is 0 Å². The molecule has 9 heteroatoms. The fourth-order valence-corrected chi connectivity index (χ4v) is 2.33. The Kier molecular flexibility index (Phi) is 4.62. The van der Waals surface area contributed by atoms with Gasteiger partial charge in [-0.05, 0) is 40.2 Å². The van der Waals surface area contributed by atoms with E-state index in [1.807, 2.05) is 24.3 Å².